The third-order valence-corrected chi connectivity index (χ3v) is 19.6. The van der Waals surface area contributed by atoms with E-state index in [0.717, 1.165) is 38.5 Å². The second-order valence-corrected chi connectivity index (χ2v) is 30.6. The minimum absolute atomic E-state index is 0.0355. The summed E-state index contributed by atoms with van der Waals surface area (Å²) < 4.78 is 34.8. The Balaban J connectivity index is 3.90. The number of nitrogens with zero attached hydrogens (tertiary/aromatic N) is 1. The maximum Gasteiger partial charge on any atom is 0.472 e. The summed E-state index contributed by atoms with van der Waals surface area (Å²) in [6.45, 7) is 4.51. The van der Waals surface area contributed by atoms with Gasteiger partial charge < -0.3 is 18.9 Å². The number of phosphoric acid groups is 1. The standard InChI is InChI=1S/C82H158NO8P/c1-6-8-10-12-14-16-18-20-22-24-26-28-30-32-34-36-38-40-41-43-45-47-49-51-53-55-57-59-61-63-65-67-69-71-73-75-82(85)91-80(79-90-92(86,87)89-77-76-83(3,4)5)78-88-81(84)74-72-70-68-66-64-62-60-58-56-54-52-50-48-46-44-42-39-37-35-33-31-29-27-25-23-21-19-17-15-13-11-9-7-2/h18,20,24-27,80H,6-17,19,21-23,28-79H2,1-5H3/p+1/b20-18-,26-24-,27-25-. The van der Waals surface area contributed by atoms with E-state index in [1.54, 1.807) is 0 Å². The van der Waals surface area contributed by atoms with Crippen LogP contribution in [-0.4, -0.2) is 74.9 Å². The molecule has 0 saturated heterocycles. The number of likely N-dealkylation sites (N-methyl/N-ethyl adjacent to an activating group) is 1. The average Bonchev–Trinajstić information content (AvgIpc) is 2.14. The van der Waals surface area contributed by atoms with Crippen molar-refractivity contribution in [3.8, 4) is 0 Å². The lowest BCUT2D eigenvalue weighted by Gasteiger charge is -2.24. The van der Waals surface area contributed by atoms with Crippen molar-refractivity contribution in [1.82, 2.24) is 0 Å². The molecule has 0 fully saturated rings. The zero-order valence-electron chi connectivity index (χ0n) is 62.3. The van der Waals surface area contributed by atoms with Gasteiger partial charge in [0.1, 0.15) is 19.8 Å². The van der Waals surface area contributed by atoms with E-state index in [-0.39, 0.29) is 25.6 Å². The Morgan fingerprint density at radius 1 is 0.337 bits per heavy atom. The largest absolute Gasteiger partial charge is 0.472 e. The van der Waals surface area contributed by atoms with E-state index in [1.165, 1.54) is 353 Å². The van der Waals surface area contributed by atoms with E-state index < -0.39 is 26.5 Å². The fourth-order valence-corrected chi connectivity index (χ4v) is 13.1. The van der Waals surface area contributed by atoms with Crippen LogP contribution < -0.4 is 0 Å². The Morgan fingerprint density at radius 2 is 0.587 bits per heavy atom. The molecule has 0 rings (SSSR count). The topological polar surface area (TPSA) is 108 Å². The van der Waals surface area contributed by atoms with Crippen LogP contribution in [0.1, 0.15) is 425 Å². The highest BCUT2D eigenvalue weighted by Gasteiger charge is 2.27. The first kappa shape index (κ1) is 90.2. The smallest absolute Gasteiger partial charge is 0.462 e. The van der Waals surface area contributed by atoms with Crippen molar-refractivity contribution in [3.05, 3.63) is 36.5 Å². The van der Waals surface area contributed by atoms with Crippen molar-refractivity contribution in [1.29, 1.82) is 0 Å². The summed E-state index contributed by atoms with van der Waals surface area (Å²) in [6, 6.07) is 0. The highest BCUT2D eigenvalue weighted by atomic mass is 31.2. The molecular formula is C82H159NO8P+. The van der Waals surface area contributed by atoms with Crippen LogP contribution in [0.5, 0.6) is 0 Å². The SMILES string of the molecule is CCCCCCC/C=C\C/C=C\CCCCCCCCCCCCCCCCCCCCCCCCCC(=O)OC(COC(=O)CCCCCCCCCCCCCCCCCCCCCCC/C=C\CCCCCCCCCC)COP(=O)(O)OCC[N+](C)(C)C. The molecular weight excluding hydrogens is 1160 g/mol. The second kappa shape index (κ2) is 73.5. The van der Waals surface area contributed by atoms with E-state index in [4.69, 9.17) is 18.5 Å². The molecule has 10 heteroatoms. The lowest BCUT2D eigenvalue weighted by molar-refractivity contribution is -0.870. The summed E-state index contributed by atoms with van der Waals surface area (Å²) in [7, 11) is 1.50. The van der Waals surface area contributed by atoms with Crippen LogP contribution in [0.25, 0.3) is 0 Å². The molecule has 2 unspecified atom stereocenters. The van der Waals surface area contributed by atoms with E-state index in [2.05, 4.69) is 50.3 Å². The molecule has 0 aliphatic carbocycles. The number of unbranched alkanes of at least 4 members (excludes halogenated alkanes) is 57. The molecule has 0 aliphatic rings. The van der Waals surface area contributed by atoms with E-state index >= 15 is 0 Å². The lowest BCUT2D eigenvalue weighted by Crippen LogP contribution is -2.37. The van der Waals surface area contributed by atoms with Gasteiger partial charge in [0, 0.05) is 12.8 Å². The number of hydrogen-bond acceptors (Lipinski definition) is 7. The zero-order chi connectivity index (χ0) is 66.9. The minimum atomic E-state index is -4.39. The van der Waals surface area contributed by atoms with Crippen LogP contribution >= 0.6 is 7.82 Å². The van der Waals surface area contributed by atoms with Gasteiger partial charge in [0.25, 0.3) is 0 Å². The van der Waals surface area contributed by atoms with Crippen molar-refractivity contribution < 1.29 is 42.1 Å². The summed E-state index contributed by atoms with van der Waals surface area (Å²) in [6.07, 6.45) is 95.9. The number of rotatable bonds is 77. The van der Waals surface area contributed by atoms with Gasteiger partial charge >= 0.3 is 19.8 Å². The highest BCUT2D eigenvalue weighted by Crippen LogP contribution is 2.43. The maximum absolute atomic E-state index is 12.9. The van der Waals surface area contributed by atoms with Gasteiger partial charge in [0.15, 0.2) is 6.10 Å². The molecule has 1 N–H and O–H groups in total. The predicted octanol–water partition coefficient (Wildman–Crippen LogP) is 27.0. The number of esters is 2. The number of hydrogen-bond donors (Lipinski definition) is 1. The summed E-state index contributed by atoms with van der Waals surface area (Å²) in [5, 5.41) is 0. The summed E-state index contributed by atoms with van der Waals surface area (Å²) in [5.74, 6) is -0.770. The van der Waals surface area contributed by atoms with Crippen LogP contribution in [-0.2, 0) is 32.7 Å². The van der Waals surface area contributed by atoms with Crippen LogP contribution in [0.15, 0.2) is 36.5 Å². The molecule has 0 radical (unpaired) electrons. The molecule has 0 aromatic carbocycles. The normalized spacial score (nSPS) is 13.2. The van der Waals surface area contributed by atoms with E-state index in [9.17, 15) is 19.0 Å². The van der Waals surface area contributed by atoms with Crippen molar-refractivity contribution in [3.63, 3.8) is 0 Å². The van der Waals surface area contributed by atoms with Crippen LogP contribution in [0.3, 0.4) is 0 Å². The molecule has 0 aliphatic heterocycles. The van der Waals surface area contributed by atoms with Crippen molar-refractivity contribution in [2.45, 2.75) is 431 Å². The van der Waals surface area contributed by atoms with Gasteiger partial charge in [-0.05, 0) is 70.6 Å². The lowest BCUT2D eigenvalue weighted by atomic mass is 10.0. The zero-order valence-corrected chi connectivity index (χ0v) is 63.2. The van der Waals surface area contributed by atoms with Gasteiger partial charge in [-0.25, -0.2) is 4.57 Å². The van der Waals surface area contributed by atoms with Gasteiger partial charge in [0.2, 0.25) is 0 Å². The molecule has 0 aromatic rings. The first-order valence-corrected chi connectivity index (χ1v) is 42.2. The van der Waals surface area contributed by atoms with Gasteiger partial charge in [-0.2, -0.15) is 0 Å². The third kappa shape index (κ3) is 77.2. The average molecular weight is 1320 g/mol. The molecule has 0 amide bonds. The fourth-order valence-electron chi connectivity index (χ4n) is 12.4. The van der Waals surface area contributed by atoms with E-state index in [1.807, 2.05) is 21.1 Å². The molecule has 92 heavy (non-hydrogen) atoms. The molecule has 9 nitrogen and oxygen atoms in total. The Kier molecular flexibility index (Phi) is 72.1. The Hall–Kier alpha value is -1.77. The number of carbonyl (C=O) groups excluding carboxylic acids is 2. The number of carbonyl (C=O) groups is 2. The predicted molar refractivity (Wildman–Crippen MR) is 400 cm³/mol. The second-order valence-electron chi connectivity index (χ2n) is 29.2. The Morgan fingerprint density at radius 3 is 0.870 bits per heavy atom. The van der Waals surface area contributed by atoms with Crippen LogP contribution in [0, 0.1) is 0 Å². The maximum atomic E-state index is 12.9. The first-order valence-electron chi connectivity index (χ1n) is 40.7. The monoisotopic (exact) mass is 1320 g/mol. The van der Waals surface area contributed by atoms with Crippen molar-refractivity contribution >= 4 is 19.8 Å². The van der Waals surface area contributed by atoms with Crippen LogP contribution in [0.4, 0.5) is 0 Å². The fraction of sp³-hybridized carbons (Fsp3) is 0.902. The molecule has 2 atom stereocenters. The quantitative estimate of drug-likeness (QED) is 0.0211. The van der Waals surface area contributed by atoms with Gasteiger partial charge in [-0.1, -0.05) is 378 Å². The molecule has 0 spiro atoms. The molecule has 0 bridgehead atoms. The number of ether oxygens (including phenoxy) is 2. The summed E-state index contributed by atoms with van der Waals surface area (Å²) in [5.41, 5.74) is 0. The highest BCUT2D eigenvalue weighted by molar-refractivity contribution is 7.47. The van der Waals surface area contributed by atoms with Crippen molar-refractivity contribution in [2.75, 3.05) is 47.5 Å². The Labute approximate surface area is 573 Å². The van der Waals surface area contributed by atoms with Crippen LogP contribution in [0.2, 0.25) is 0 Å². The minimum Gasteiger partial charge on any atom is -0.462 e. The summed E-state index contributed by atoms with van der Waals surface area (Å²) in [4.78, 5) is 36.0. The molecule has 544 valence electrons. The van der Waals surface area contributed by atoms with Gasteiger partial charge in [-0.15, -0.1) is 0 Å². The first-order chi connectivity index (χ1) is 45.0. The molecule has 0 saturated carbocycles. The number of quaternary nitrogens is 1. The number of phosphoric ester groups is 1. The summed E-state index contributed by atoms with van der Waals surface area (Å²) >= 11 is 0. The molecule has 0 aromatic heterocycles. The van der Waals surface area contributed by atoms with Gasteiger partial charge in [0.05, 0.1) is 27.7 Å². The van der Waals surface area contributed by atoms with Gasteiger partial charge in [-0.3, -0.25) is 18.6 Å². The number of allylic oxidation sites excluding steroid dienone is 6. The third-order valence-electron chi connectivity index (χ3n) is 18.6. The van der Waals surface area contributed by atoms with E-state index in [0.29, 0.717) is 23.9 Å². The van der Waals surface area contributed by atoms with Crippen molar-refractivity contribution in [2.24, 2.45) is 0 Å². The Bertz CT molecular complexity index is 1640. The molecule has 0 heterocycles.